The number of halogens is 2. The lowest BCUT2D eigenvalue weighted by molar-refractivity contribution is -0.159. The lowest BCUT2D eigenvalue weighted by Crippen LogP contribution is -2.68. The number of carbonyl (C=O) groups excluding carboxylic acids is 3. The molecule has 2 aromatic rings. The standard InChI is InChI=1S/C29H35F2N3O3/c1-6-16(2)24-26(35)32-23(19-13-17-9-7-8-10-18(17)14-19)28(37)34(24)25(27(36)33-29(3,4)5)21-12-11-20(30)15-22(21)31/h7-12,15-16,19,23-25H,6,13-14H2,1-5H3,(H,32,35)(H,33,36)/t16-,23?,24-,25-/m1/s1. The van der Waals surface area contributed by atoms with Gasteiger partial charge in [-0.2, -0.15) is 0 Å². The fourth-order valence-electron chi connectivity index (χ4n) is 5.49. The Balaban J connectivity index is 1.81. The van der Waals surface area contributed by atoms with Gasteiger partial charge in [-0.25, -0.2) is 8.78 Å². The molecule has 0 bridgehead atoms. The third-order valence-corrected chi connectivity index (χ3v) is 7.41. The number of fused-ring (bicyclic) bond motifs is 1. The van der Waals surface area contributed by atoms with Gasteiger partial charge in [0, 0.05) is 17.2 Å². The van der Waals surface area contributed by atoms with Gasteiger partial charge in [-0.1, -0.05) is 50.6 Å². The number of nitrogens with one attached hydrogen (secondary N) is 2. The van der Waals surface area contributed by atoms with Crippen LogP contribution >= 0.6 is 0 Å². The first-order valence-corrected chi connectivity index (χ1v) is 12.9. The number of benzene rings is 2. The minimum Gasteiger partial charge on any atom is -0.349 e. The van der Waals surface area contributed by atoms with Gasteiger partial charge in [0.2, 0.25) is 17.7 Å². The SMILES string of the molecule is CC[C@@H](C)[C@@H]1C(=O)NC(C2Cc3ccccc3C2)C(=O)N1[C@@H](C(=O)NC(C)(C)C)c1ccc(F)cc1F. The van der Waals surface area contributed by atoms with Crippen molar-refractivity contribution in [2.24, 2.45) is 11.8 Å². The fraction of sp³-hybridized carbons (Fsp3) is 0.483. The normalized spacial score (nSPS) is 21.9. The molecular weight excluding hydrogens is 476 g/mol. The van der Waals surface area contributed by atoms with Crippen molar-refractivity contribution in [1.29, 1.82) is 0 Å². The van der Waals surface area contributed by atoms with Crippen molar-refractivity contribution in [1.82, 2.24) is 15.5 Å². The first-order chi connectivity index (χ1) is 17.4. The Morgan fingerprint density at radius 1 is 1.11 bits per heavy atom. The summed E-state index contributed by atoms with van der Waals surface area (Å²) in [4.78, 5) is 42.8. The van der Waals surface area contributed by atoms with Crippen molar-refractivity contribution in [3.05, 3.63) is 70.8 Å². The van der Waals surface area contributed by atoms with Gasteiger partial charge < -0.3 is 15.5 Å². The van der Waals surface area contributed by atoms with E-state index in [9.17, 15) is 18.8 Å². The Bertz CT molecular complexity index is 1180. The van der Waals surface area contributed by atoms with Crippen molar-refractivity contribution in [2.45, 2.75) is 77.5 Å². The molecule has 1 saturated heterocycles. The summed E-state index contributed by atoms with van der Waals surface area (Å²) in [6, 6.07) is 7.56. The van der Waals surface area contributed by atoms with Crippen LogP contribution in [0.3, 0.4) is 0 Å². The molecule has 0 saturated carbocycles. The highest BCUT2D eigenvalue weighted by Gasteiger charge is 2.51. The number of carbonyl (C=O) groups is 3. The van der Waals surface area contributed by atoms with Crippen LogP contribution in [0.5, 0.6) is 0 Å². The summed E-state index contributed by atoms with van der Waals surface area (Å²) in [6.07, 6.45) is 1.78. The fourth-order valence-corrected chi connectivity index (χ4v) is 5.49. The molecule has 198 valence electrons. The van der Waals surface area contributed by atoms with Gasteiger partial charge in [0.05, 0.1) is 0 Å². The lowest BCUT2D eigenvalue weighted by Gasteiger charge is -2.46. The van der Waals surface area contributed by atoms with Gasteiger partial charge in [0.1, 0.15) is 29.8 Å². The van der Waals surface area contributed by atoms with E-state index in [4.69, 9.17) is 0 Å². The van der Waals surface area contributed by atoms with E-state index in [-0.39, 0.29) is 23.3 Å². The third kappa shape index (κ3) is 5.38. The first kappa shape index (κ1) is 26.8. The minimum atomic E-state index is -1.44. The Morgan fingerprint density at radius 3 is 2.27 bits per heavy atom. The molecule has 1 aliphatic heterocycles. The van der Waals surface area contributed by atoms with E-state index in [1.165, 1.54) is 11.0 Å². The highest BCUT2D eigenvalue weighted by Crippen LogP contribution is 2.37. The molecule has 2 aliphatic rings. The van der Waals surface area contributed by atoms with Crippen molar-refractivity contribution in [3.8, 4) is 0 Å². The summed E-state index contributed by atoms with van der Waals surface area (Å²) >= 11 is 0. The maximum atomic E-state index is 15.2. The molecule has 4 atom stereocenters. The molecule has 4 rings (SSSR count). The van der Waals surface area contributed by atoms with Gasteiger partial charge >= 0.3 is 0 Å². The molecule has 1 heterocycles. The Hall–Kier alpha value is -3.29. The average Bonchev–Trinajstić information content (AvgIpc) is 3.25. The predicted octanol–water partition coefficient (Wildman–Crippen LogP) is 4.08. The third-order valence-electron chi connectivity index (χ3n) is 7.41. The Morgan fingerprint density at radius 2 is 1.73 bits per heavy atom. The summed E-state index contributed by atoms with van der Waals surface area (Å²) in [5, 5.41) is 5.78. The number of rotatable bonds is 6. The van der Waals surface area contributed by atoms with Crippen LogP contribution in [0.15, 0.2) is 42.5 Å². The van der Waals surface area contributed by atoms with Crippen LogP contribution in [-0.4, -0.2) is 40.2 Å². The molecule has 1 unspecified atom stereocenters. The van der Waals surface area contributed by atoms with Gasteiger partial charge in [0.25, 0.3) is 0 Å². The smallest absolute Gasteiger partial charge is 0.247 e. The molecule has 8 heteroatoms. The van der Waals surface area contributed by atoms with Crippen molar-refractivity contribution >= 4 is 17.7 Å². The van der Waals surface area contributed by atoms with Crippen molar-refractivity contribution in [3.63, 3.8) is 0 Å². The van der Waals surface area contributed by atoms with Crippen LogP contribution in [0.4, 0.5) is 8.78 Å². The largest absolute Gasteiger partial charge is 0.349 e. The van der Waals surface area contributed by atoms with E-state index in [0.29, 0.717) is 25.3 Å². The van der Waals surface area contributed by atoms with Crippen LogP contribution in [-0.2, 0) is 27.2 Å². The van der Waals surface area contributed by atoms with Crippen molar-refractivity contribution < 1.29 is 23.2 Å². The van der Waals surface area contributed by atoms with E-state index in [2.05, 4.69) is 10.6 Å². The van der Waals surface area contributed by atoms with Gasteiger partial charge in [-0.05, 0) is 62.6 Å². The number of nitrogens with zero attached hydrogens (tertiary/aromatic N) is 1. The quantitative estimate of drug-likeness (QED) is 0.614. The summed E-state index contributed by atoms with van der Waals surface area (Å²) in [5.74, 6) is -3.66. The second-order valence-corrected chi connectivity index (χ2v) is 11.3. The topological polar surface area (TPSA) is 78.5 Å². The van der Waals surface area contributed by atoms with Crippen molar-refractivity contribution in [2.75, 3.05) is 0 Å². The van der Waals surface area contributed by atoms with Gasteiger partial charge in [-0.15, -0.1) is 0 Å². The molecular formula is C29H35F2N3O3. The number of hydrogen-bond acceptors (Lipinski definition) is 3. The Labute approximate surface area is 216 Å². The average molecular weight is 512 g/mol. The maximum Gasteiger partial charge on any atom is 0.247 e. The number of amides is 3. The summed E-state index contributed by atoms with van der Waals surface area (Å²) in [7, 11) is 0. The molecule has 2 N–H and O–H groups in total. The zero-order valence-corrected chi connectivity index (χ0v) is 22.0. The van der Waals surface area contributed by atoms with E-state index in [0.717, 1.165) is 17.2 Å². The molecule has 1 aliphatic carbocycles. The molecule has 6 nitrogen and oxygen atoms in total. The molecule has 3 amide bonds. The van der Waals surface area contributed by atoms with E-state index >= 15 is 4.39 Å². The second kappa shape index (κ2) is 10.2. The van der Waals surface area contributed by atoms with Crippen LogP contribution < -0.4 is 10.6 Å². The summed E-state index contributed by atoms with van der Waals surface area (Å²) in [6.45, 7) is 9.05. The van der Waals surface area contributed by atoms with Crippen LogP contribution in [0.2, 0.25) is 0 Å². The first-order valence-electron chi connectivity index (χ1n) is 12.9. The zero-order valence-electron chi connectivity index (χ0n) is 22.0. The highest BCUT2D eigenvalue weighted by atomic mass is 19.1. The molecule has 2 aromatic carbocycles. The monoisotopic (exact) mass is 511 g/mol. The molecule has 1 fully saturated rings. The van der Waals surface area contributed by atoms with Gasteiger partial charge in [-0.3, -0.25) is 14.4 Å². The van der Waals surface area contributed by atoms with Crippen LogP contribution in [0, 0.1) is 23.5 Å². The summed E-state index contributed by atoms with van der Waals surface area (Å²) < 4.78 is 29.0. The Kier molecular flexibility index (Phi) is 7.40. The number of piperazine rings is 1. The number of hydrogen-bond donors (Lipinski definition) is 2. The molecule has 37 heavy (non-hydrogen) atoms. The van der Waals surface area contributed by atoms with Crippen LogP contribution in [0.25, 0.3) is 0 Å². The van der Waals surface area contributed by atoms with Gasteiger partial charge in [0.15, 0.2) is 0 Å². The second-order valence-electron chi connectivity index (χ2n) is 11.3. The maximum absolute atomic E-state index is 15.2. The van der Waals surface area contributed by atoms with Crippen LogP contribution in [0.1, 0.15) is 63.8 Å². The predicted molar refractivity (Wildman–Crippen MR) is 136 cm³/mol. The minimum absolute atomic E-state index is 0.145. The lowest BCUT2D eigenvalue weighted by atomic mass is 9.85. The van der Waals surface area contributed by atoms with E-state index in [1.807, 2.05) is 38.1 Å². The van der Waals surface area contributed by atoms with E-state index < -0.39 is 47.1 Å². The molecule has 0 radical (unpaired) electrons. The molecule has 0 spiro atoms. The summed E-state index contributed by atoms with van der Waals surface area (Å²) in [5.41, 5.74) is 1.41. The molecule has 0 aromatic heterocycles. The highest BCUT2D eigenvalue weighted by molar-refractivity contribution is 6.00. The van der Waals surface area contributed by atoms with E-state index in [1.54, 1.807) is 20.8 Å². The zero-order chi connectivity index (χ0) is 27.1.